The summed E-state index contributed by atoms with van der Waals surface area (Å²) in [6.45, 7) is 6.16. The molecule has 1 aromatic heterocycles. The molecule has 0 spiro atoms. The molecule has 2 heterocycles. The summed E-state index contributed by atoms with van der Waals surface area (Å²) in [6, 6.07) is 9.11. The normalized spacial score (nSPS) is 12.4. The number of nitrogens with one attached hydrogen (secondary N) is 2. The van der Waals surface area contributed by atoms with E-state index in [9.17, 15) is 4.79 Å². The monoisotopic (exact) mass is 358 g/mol. The highest BCUT2D eigenvalue weighted by Gasteiger charge is 2.13. The maximum absolute atomic E-state index is 11.9. The molecule has 0 bridgehead atoms. The summed E-state index contributed by atoms with van der Waals surface area (Å²) in [5.41, 5.74) is 3.23. The molecule has 1 aromatic carbocycles. The Bertz CT molecular complexity index is 783. The number of anilines is 2. The van der Waals surface area contributed by atoms with Crippen LogP contribution >= 0.6 is 0 Å². The third-order valence-electron chi connectivity index (χ3n) is 3.89. The summed E-state index contributed by atoms with van der Waals surface area (Å²) in [7, 11) is 0. The Balaban J connectivity index is 1.46. The lowest BCUT2D eigenvalue weighted by atomic mass is 10.3. The second-order valence-corrected chi connectivity index (χ2v) is 5.56. The van der Waals surface area contributed by atoms with E-state index in [-0.39, 0.29) is 19.2 Å². The number of rotatable bonds is 8. The van der Waals surface area contributed by atoms with Crippen LogP contribution in [0.4, 0.5) is 11.6 Å². The Morgan fingerprint density at radius 2 is 2.00 bits per heavy atom. The molecule has 0 radical (unpaired) electrons. The Kier molecular flexibility index (Phi) is 5.62. The van der Waals surface area contributed by atoms with Gasteiger partial charge in [0.2, 0.25) is 6.79 Å². The molecule has 1 amide bonds. The molecule has 138 valence electrons. The van der Waals surface area contributed by atoms with Crippen LogP contribution in [-0.2, 0) is 4.79 Å². The number of carbonyl (C=O) groups excluding carboxylic acids is 1. The summed E-state index contributed by atoms with van der Waals surface area (Å²) in [4.78, 5) is 14.0. The van der Waals surface area contributed by atoms with E-state index in [2.05, 4.69) is 34.6 Å². The smallest absolute Gasteiger partial charge is 0.259 e. The van der Waals surface area contributed by atoms with Gasteiger partial charge in [0.25, 0.3) is 5.91 Å². The van der Waals surface area contributed by atoms with Gasteiger partial charge < -0.3 is 24.1 Å². The van der Waals surface area contributed by atoms with Crippen molar-refractivity contribution >= 4 is 23.7 Å². The molecular weight excluding hydrogens is 336 g/mol. The van der Waals surface area contributed by atoms with E-state index in [1.165, 1.54) is 6.21 Å². The fourth-order valence-electron chi connectivity index (χ4n) is 2.51. The second-order valence-electron chi connectivity index (χ2n) is 5.56. The molecule has 3 rings (SSSR count). The van der Waals surface area contributed by atoms with Gasteiger partial charge in [0.15, 0.2) is 17.4 Å². The predicted octanol–water partition coefficient (Wildman–Crippen LogP) is 2.42. The molecule has 2 N–H and O–H groups in total. The van der Waals surface area contributed by atoms with Crippen LogP contribution in [-0.4, -0.2) is 38.5 Å². The van der Waals surface area contributed by atoms with Gasteiger partial charge in [0, 0.05) is 30.9 Å². The first kappa shape index (κ1) is 17.7. The average Bonchev–Trinajstić information content (AvgIpc) is 3.30. The molecule has 26 heavy (non-hydrogen) atoms. The van der Waals surface area contributed by atoms with Crippen molar-refractivity contribution in [2.24, 2.45) is 5.10 Å². The molecule has 1 aliphatic rings. The van der Waals surface area contributed by atoms with Crippen molar-refractivity contribution in [1.82, 2.24) is 5.43 Å². The average molecular weight is 358 g/mol. The van der Waals surface area contributed by atoms with Crippen LogP contribution in [0.25, 0.3) is 0 Å². The van der Waals surface area contributed by atoms with E-state index in [0.29, 0.717) is 17.3 Å². The third kappa shape index (κ3) is 4.27. The first-order valence-electron chi connectivity index (χ1n) is 8.49. The number of fused-ring (bicyclic) bond motifs is 1. The van der Waals surface area contributed by atoms with Gasteiger partial charge in [0.1, 0.15) is 5.76 Å². The van der Waals surface area contributed by atoms with Gasteiger partial charge in [-0.15, -0.1) is 0 Å². The Labute approximate surface area is 151 Å². The van der Waals surface area contributed by atoms with Gasteiger partial charge in [-0.1, -0.05) is 0 Å². The zero-order chi connectivity index (χ0) is 18.4. The second kappa shape index (κ2) is 8.28. The number of hydrogen-bond donors (Lipinski definition) is 2. The number of furan rings is 1. The van der Waals surface area contributed by atoms with Crippen LogP contribution in [0.15, 0.2) is 39.9 Å². The van der Waals surface area contributed by atoms with E-state index < -0.39 is 0 Å². The highest BCUT2D eigenvalue weighted by molar-refractivity contribution is 5.83. The SMILES string of the molecule is CCN(CC)c1ccc(/C=N/NC(=O)CNc2ccc3c(c2)OCO3)o1. The zero-order valence-corrected chi connectivity index (χ0v) is 14.8. The standard InChI is InChI=1S/C18H22N4O4/c1-3-22(4-2)18-8-6-14(26-18)10-20-21-17(23)11-19-13-5-7-15-16(9-13)25-12-24-15/h5-10,19H,3-4,11-12H2,1-2H3,(H,21,23)/b20-10+. The first-order valence-corrected chi connectivity index (χ1v) is 8.49. The maximum Gasteiger partial charge on any atom is 0.259 e. The van der Waals surface area contributed by atoms with E-state index in [4.69, 9.17) is 13.9 Å². The van der Waals surface area contributed by atoms with Crippen LogP contribution in [0.2, 0.25) is 0 Å². The Morgan fingerprint density at radius 3 is 2.81 bits per heavy atom. The van der Waals surface area contributed by atoms with Gasteiger partial charge in [-0.3, -0.25) is 4.79 Å². The predicted molar refractivity (Wildman–Crippen MR) is 99.1 cm³/mol. The fourth-order valence-corrected chi connectivity index (χ4v) is 2.51. The van der Waals surface area contributed by atoms with Crippen molar-refractivity contribution < 1.29 is 18.7 Å². The van der Waals surface area contributed by atoms with Crippen LogP contribution in [0, 0.1) is 0 Å². The number of ether oxygens (including phenoxy) is 2. The van der Waals surface area contributed by atoms with Crippen molar-refractivity contribution in [2.45, 2.75) is 13.8 Å². The molecule has 0 atom stereocenters. The lowest BCUT2D eigenvalue weighted by Gasteiger charge is -2.16. The molecule has 1 aliphatic heterocycles. The Morgan fingerprint density at radius 1 is 1.19 bits per heavy atom. The number of hydrazone groups is 1. The van der Waals surface area contributed by atoms with Crippen LogP contribution in [0.5, 0.6) is 11.5 Å². The van der Waals surface area contributed by atoms with Crippen molar-refractivity contribution in [3.05, 3.63) is 36.1 Å². The summed E-state index contributed by atoms with van der Waals surface area (Å²) in [5.74, 6) is 2.46. The minimum absolute atomic E-state index is 0.0832. The molecular formula is C18H22N4O4. The van der Waals surface area contributed by atoms with Gasteiger partial charge in [-0.2, -0.15) is 5.10 Å². The summed E-state index contributed by atoms with van der Waals surface area (Å²) < 4.78 is 16.2. The van der Waals surface area contributed by atoms with Gasteiger partial charge in [-0.25, -0.2) is 5.43 Å². The van der Waals surface area contributed by atoms with E-state index >= 15 is 0 Å². The molecule has 8 nitrogen and oxygen atoms in total. The summed E-state index contributed by atoms with van der Waals surface area (Å²) in [5, 5.41) is 6.92. The maximum atomic E-state index is 11.9. The van der Waals surface area contributed by atoms with Crippen molar-refractivity contribution in [1.29, 1.82) is 0 Å². The minimum atomic E-state index is -0.269. The van der Waals surface area contributed by atoms with Crippen molar-refractivity contribution in [2.75, 3.05) is 36.6 Å². The minimum Gasteiger partial charge on any atom is -0.454 e. The molecule has 0 fully saturated rings. The number of benzene rings is 1. The molecule has 8 heteroatoms. The van der Waals surface area contributed by atoms with Crippen molar-refractivity contribution in [3.8, 4) is 11.5 Å². The molecule has 0 saturated heterocycles. The molecule has 0 aliphatic carbocycles. The van der Waals surface area contributed by atoms with Gasteiger partial charge in [-0.05, 0) is 32.0 Å². The van der Waals surface area contributed by atoms with E-state index in [1.54, 1.807) is 12.1 Å². The topological polar surface area (TPSA) is 88.3 Å². The number of hydrogen-bond acceptors (Lipinski definition) is 7. The number of nitrogens with zero attached hydrogens (tertiary/aromatic N) is 2. The summed E-state index contributed by atoms with van der Waals surface area (Å²) >= 11 is 0. The van der Waals surface area contributed by atoms with Crippen LogP contribution in [0.3, 0.4) is 0 Å². The number of amides is 1. The lowest BCUT2D eigenvalue weighted by molar-refractivity contribution is -0.119. The molecule has 0 saturated carbocycles. The highest BCUT2D eigenvalue weighted by atomic mass is 16.7. The lowest BCUT2D eigenvalue weighted by Crippen LogP contribution is -2.25. The zero-order valence-electron chi connectivity index (χ0n) is 14.8. The Hall–Kier alpha value is -3.16. The summed E-state index contributed by atoms with van der Waals surface area (Å²) in [6.07, 6.45) is 1.48. The third-order valence-corrected chi connectivity index (χ3v) is 3.89. The van der Waals surface area contributed by atoms with E-state index in [0.717, 1.165) is 24.7 Å². The van der Waals surface area contributed by atoms with E-state index in [1.807, 2.05) is 18.2 Å². The molecule has 0 unspecified atom stereocenters. The molecule has 2 aromatic rings. The van der Waals surface area contributed by atoms with Crippen molar-refractivity contribution in [3.63, 3.8) is 0 Å². The van der Waals surface area contributed by atoms with Crippen LogP contribution < -0.4 is 25.1 Å². The largest absolute Gasteiger partial charge is 0.454 e. The first-order chi connectivity index (χ1) is 12.7. The van der Waals surface area contributed by atoms with Gasteiger partial charge in [0.05, 0.1) is 12.8 Å². The van der Waals surface area contributed by atoms with Gasteiger partial charge >= 0.3 is 0 Å². The number of carbonyl (C=O) groups is 1. The fraction of sp³-hybridized carbons (Fsp3) is 0.333. The quantitative estimate of drug-likeness (QED) is 0.557. The van der Waals surface area contributed by atoms with Crippen LogP contribution in [0.1, 0.15) is 19.6 Å². The highest BCUT2D eigenvalue weighted by Crippen LogP contribution is 2.34.